The molecule has 0 N–H and O–H groups in total. The lowest BCUT2D eigenvalue weighted by atomic mass is 10.0. The maximum atomic E-state index is 14.9. The average molecular weight is 512 g/mol. The summed E-state index contributed by atoms with van der Waals surface area (Å²) in [6.45, 7) is 3.16. The molecule has 188 valence electrons. The number of carbonyl (C=O) groups is 1. The van der Waals surface area contributed by atoms with E-state index in [9.17, 15) is 17.6 Å². The van der Waals surface area contributed by atoms with Crippen molar-refractivity contribution in [3.05, 3.63) is 59.7 Å². The van der Waals surface area contributed by atoms with Gasteiger partial charge in [0.25, 0.3) is 0 Å². The third-order valence-electron chi connectivity index (χ3n) is 6.32. The average Bonchev–Trinajstić information content (AvgIpc) is 3.59. The third-order valence-corrected chi connectivity index (χ3v) is 7.82. The van der Waals surface area contributed by atoms with E-state index in [4.69, 9.17) is 4.74 Å². The number of rotatable bonds is 6. The zero-order valence-corrected chi connectivity index (χ0v) is 20.5. The van der Waals surface area contributed by atoms with Crippen molar-refractivity contribution in [2.45, 2.75) is 25.5 Å². The summed E-state index contributed by atoms with van der Waals surface area (Å²) < 4.78 is 45.2. The maximum Gasteiger partial charge on any atom is 0.414 e. The number of carbonyl (C=O) groups excluding carboxylic acids is 1. The molecule has 0 spiro atoms. The standard InChI is InChI=1S/C25H26FN5O4S/c26-24-15-21(6-7-23(24)19-8-13-36(33,34)14-9-19)31-18-22(35-25(31)32)17-30-16-20(27-28-30)5-1-2-10-29-11-3-4-12-29/h3-4,6-8,15-16,22H,5,9-14,17-18H2/t22-/m0/s1. The fourth-order valence-electron chi connectivity index (χ4n) is 4.37. The topological polar surface area (TPSA) is 97.6 Å². The lowest BCUT2D eigenvalue weighted by Gasteiger charge is -2.17. The molecule has 3 aliphatic heterocycles. The van der Waals surface area contributed by atoms with Crippen molar-refractivity contribution in [2.75, 3.05) is 42.6 Å². The lowest BCUT2D eigenvalue weighted by Crippen LogP contribution is -2.26. The summed E-state index contributed by atoms with van der Waals surface area (Å²) in [7, 11) is -3.10. The first-order valence-electron chi connectivity index (χ1n) is 11.8. The molecule has 1 fully saturated rings. The summed E-state index contributed by atoms with van der Waals surface area (Å²) in [5, 5.41) is 8.24. The molecule has 1 aromatic carbocycles. The lowest BCUT2D eigenvalue weighted by molar-refractivity contribution is 0.129. The highest BCUT2D eigenvalue weighted by molar-refractivity contribution is 7.91. The number of nitrogens with zero attached hydrogens (tertiary/aromatic N) is 5. The highest BCUT2D eigenvalue weighted by atomic mass is 32.2. The number of anilines is 1. The van der Waals surface area contributed by atoms with Crippen LogP contribution in [0.5, 0.6) is 0 Å². The number of ether oxygens (including phenoxy) is 1. The van der Waals surface area contributed by atoms with Crippen LogP contribution in [0.25, 0.3) is 5.57 Å². The summed E-state index contributed by atoms with van der Waals surface area (Å²) in [6.07, 6.45) is 7.34. The van der Waals surface area contributed by atoms with E-state index in [1.54, 1.807) is 29.1 Å². The molecule has 11 heteroatoms. The number of aromatic nitrogens is 3. The molecule has 0 radical (unpaired) electrons. The largest absolute Gasteiger partial charge is 0.442 e. The van der Waals surface area contributed by atoms with Crippen LogP contribution in [-0.4, -0.2) is 78.2 Å². The molecule has 5 rings (SSSR count). The van der Waals surface area contributed by atoms with Gasteiger partial charge < -0.3 is 4.74 Å². The number of sulfone groups is 1. The number of cyclic esters (lactones) is 1. The van der Waals surface area contributed by atoms with Gasteiger partial charge in [0.15, 0.2) is 9.84 Å². The molecule has 2 aromatic rings. The van der Waals surface area contributed by atoms with Crippen molar-refractivity contribution in [3.8, 4) is 11.8 Å². The molecule has 9 nitrogen and oxygen atoms in total. The molecule has 1 amide bonds. The summed E-state index contributed by atoms with van der Waals surface area (Å²) in [6, 6.07) is 4.52. The third kappa shape index (κ3) is 5.66. The van der Waals surface area contributed by atoms with E-state index in [0.29, 0.717) is 29.8 Å². The van der Waals surface area contributed by atoms with E-state index in [2.05, 4.69) is 39.2 Å². The fourth-order valence-corrected chi connectivity index (χ4v) is 5.52. The molecule has 1 atom stereocenters. The van der Waals surface area contributed by atoms with Crippen LogP contribution in [0.2, 0.25) is 0 Å². The predicted molar refractivity (Wildman–Crippen MR) is 132 cm³/mol. The highest BCUT2D eigenvalue weighted by Gasteiger charge is 2.33. The van der Waals surface area contributed by atoms with Gasteiger partial charge in [0.2, 0.25) is 0 Å². The van der Waals surface area contributed by atoms with Gasteiger partial charge in [-0.15, -0.1) is 5.10 Å². The quantitative estimate of drug-likeness (QED) is 0.433. The Hall–Kier alpha value is -3.49. The Morgan fingerprint density at radius 1 is 1.19 bits per heavy atom. The first-order chi connectivity index (χ1) is 17.4. The van der Waals surface area contributed by atoms with Gasteiger partial charge >= 0.3 is 6.09 Å². The minimum atomic E-state index is -3.10. The van der Waals surface area contributed by atoms with Crippen molar-refractivity contribution >= 4 is 27.2 Å². The summed E-state index contributed by atoms with van der Waals surface area (Å²) in [5.41, 5.74) is 2.14. The molecule has 0 aliphatic carbocycles. The molecule has 3 aliphatic rings. The van der Waals surface area contributed by atoms with Gasteiger partial charge in [0.05, 0.1) is 48.9 Å². The van der Waals surface area contributed by atoms with Crippen molar-refractivity contribution in [3.63, 3.8) is 0 Å². The van der Waals surface area contributed by atoms with Crippen LogP contribution >= 0.6 is 0 Å². The Balaban J connectivity index is 1.17. The number of halogens is 1. The van der Waals surface area contributed by atoms with Crippen molar-refractivity contribution in [2.24, 2.45) is 0 Å². The van der Waals surface area contributed by atoms with Crippen LogP contribution in [-0.2, 0) is 27.5 Å². The van der Waals surface area contributed by atoms with Crippen LogP contribution in [0, 0.1) is 17.7 Å². The summed E-state index contributed by atoms with van der Waals surface area (Å²) in [5.74, 6) is 5.67. The van der Waals surface area contributed by atoms with Crippen molar-refractivity contribution in [1.82, 2.24) is 19.9 Å². The second kappa shape index (κ2) is 10.2. The molecule has 1 saturated heterocycles. The maximum absolute atomic E-state index is 14.9. The number of allylic oxidation sites excluding steroid dienone is 1. The zero-order valence-electron chi connectivity index (χ0n) is 19.6. The van der Waals surface area contributed by atoms with E-state index in [1.165, 1.54) is 11.0 Å². The van der Waals surface area contributed by atoms with Crippen molar-refractivity contribution < 1.29 is 22.3 Å². The summed E-state index contributed by atoms with van der Waals surface area (Å²) >= 11 is 0. The number of hydrogen-bond donors (Lipinski definition) is 0. The Labute approximate surface area is 209 Å². The minimum Gasteiger partial charge on any atom is -0.442 e. The molecular formula is C25H26FN5O4S. The smallest absolute Gasteiger partial charge is 0.414 e. The van der Waals surface area contributed by atoms with Crippen LogP contribution in [0.4, 0.5) is 14.9 Å². The number of hydrogen-bond acceptors (Lipinski definition) is 7. The highest BCUT2D eigenvalue weighted by Crippen LogP contribution is 2.30. The number of benzene rings is 1. The minimum absolute atomic E-state index is 0.00699. The zero-order chi connectivity index (χ0) is 25.1. The van der Waals surface area contributed by atoms with Gasteiger partial charge in [-0.2, -0.15) is 0 Å². The van der Waals surface area contributed by atoms with E-state index >= 15 is 0 Å². The van der Waals surface area contributed by atoms with E-state index in [-0.39, 0.29) is 24.5 Å². The molecule has 36 heavy (non-hydrogen) atoms. The van der Waals surface area contributed by atoms with E-state index in [1.807, 2.05) is 0 Å². The monoisotopic (exact) mass is 511 g/mol. The van der Waals surface area contributed by atoms with Crippen LogP contribution in [0.1, 0.15) is 17.7 Å². The molecule has 0 unspecified atom stereocenters. The second-order valence-electron chi connectivity index (χ2n) is 9.00. The molecule has 0 saturated carbocycles. The molecular weight excluding hydrogens is 485 g/mol. The predicted octanol–water partition coefficient (Wildman–Crippen LogP) is 2.06. The van der Waals surface area contributed by atoms with Gasteiger partial charge in [-0.3, -0.25) is 9.80 Å². The van der Waals surface area contributed by atoms with Crippen LogP contribution in [0.15, 0.2) is 42.6 Å². The summed E-state index contributed by atoms with van der Waals surface area (Å²) in [4.78, 5) is 16.1. The SMILES string of the molecule is O=C1O[C@@H](Cn2cc(CC#CCN3CC=CC3)nn2)CN1c1ccc(C2=CCS(=O)(=O)CC2)c(F)c1. The van der Waals surface area contributed by atoms with Gasteiger partial charge in [-0.25, -0.2) is 22.3 Å². The molecule has 0 bridgehead atoms. The van der Waals surface area contributed by atoms with Crippen LogP contribution in [0.3, 0.4) is 0 Å². The first-order valence-corrected chi connectivity index (χ1v) is 13.6. The second-order valence-corrected chi connectivity index (χ2v) is 11.2. The Kier molecular flexibility index (Phi) is 6.89. The van der Waals surface area contributed by atoms with Gasteiger partial charge in [-0.1, -0.05) is 35.3 Å². The van der Waals surface area contributed by atoms with E-state index < -0.39 is 27.9 Å². The van der Waals surface area contributed by atoms with Gasteiger partial charge in [-0.05, 0) is 30.2 Å². The Bertz CT molecular complexity index is 1380. The van der Waals surface area contributed by atoms with E-state index in [0.717, 1.165) is 25.3 Å². The van der Waals surface area contributed by atoms with Crippen molar-refractivity contribution in [1.29, 1.82) is 0 Å². The normalized spacial score (nSPS) is 21.2. The first kappa shape index (κ1) is 24.2. The molecule has 4 heterocycles. The molecule has 1 aromatic heterocycles. The van der Waals surface area contributed by atoms with Gasteiger partial charge in [0, 0.05) is 24.8 Å². The fraction of sp³-hybridized carbons (Fsp3) is 0.400. The van der Waals surface area contributed by atoms with Gasteiger partial charge in [0.1, 0.15) is 11.9 Å². The number of amides is 1. The Morgan fingerprint density at radius 2 is 2.03 bits per heavy atom. The Morgan fingerprint density at radius 3 is 2.78 bits per heavy atom. The van der Waals surface area contributed by atoms with Crippen LogP contribution < -0.4 is 4.90 Å².